The number of aromatic carboxylic acids is 1. The fraction of sp³-hybridized carbons (Fsp3) is 0.400. The van der Waals surface area contributed by atoms with Crippen LogP contribution in [0.3, 0.4) is 0 Å². The Bertz CT molecular complexity index is 987. The minimum atomic E-state index is -0.905. The van der Waals surface area contributed by atoms with E-state index in [0.29, 0.717) is 29.5 Å². The SMILES string of the molecule is CCOc1c(C(C)CC)cc(-c2cn3ccccc3c2C(=O)O)cc1C(C)CC. The number of aromatic nitrogens is 1. The van der Waals surface area contributed by atoms with Gasteiger partial charge in [0.2, 0.25) is 0 Å². The second-order valence-corrected chi connectivity index (χ2v) is 7.75. The smallest absolute Gasteiger partial charge is 0.338 e. The molecule has 1 aromatic carbocycles. The Labute approximate surface area is 173 Å². The van der Waals surface area contributed by atoms with E-state index in [1.165, 1.54) is 0 Å². The Hall–Kier alpha value is -2.75. The van der Waals surface area contributed by atoms with Crippen molar-refractivity contribution in [3.63, 3.8) is 0 Å². The molecule has 0 saturated carbocycles. The molecule has 1 N–H and O–H groups in total. The standard InChI is InChI=1S/C25H31NO3/c1-6-16(4)19-13-18(14-20(17(5)7-2)24(19)29-8-3)21-15-26-12-10-9-11-22(26)23(21)25(27)28/h9-17H,6-8H2,1-5H3,(H,27,28). The van der Waals surface area contributed by atoms with E-state index < -0.39 is 5.97 Å². The summed E-state index contributed by atoms with van der Waals surface area (Å²) in [6.45, 7) is 11.4. The van der Waals surface area contributed by atoms with Crippen LogP contribution >= 0.6 is 0 Å². The molecule has 2 heterocycles. The van der Waals surface area contributed by atoms with Crippen molar-refractivity contribution in [1.29, 1.82) is 0 Å². The summed E-state index contributed by atoms with van der Waals surface area (Å²) < 4.78 is 8.01. The average molecular weight is 394 g/mol. The topological polar surface area (TPSA) is 50.9 Å². The molecule has 0 aliphatic carbocycles. The fourth-order valence-electron chi connectivity index (χ4n) is 3.88. The van der Waals surface area contributed by atoms with E-state index in [2.05, 4.69) is 39.8 Å². The molecule has 29 heavy (non-hydrogen) atoms. The number of pyridine rings is 1. The van der Waals surface area contributed by atoms with Gasteiger partial charge in [-0.1, -0.05) is 33.8 Å². The molecule has 154 valence electrons. The summed E-state index contributed by atoms with van der Waals surface area (Å²) >= 11 is 0. The van der Waals surface area contributed by atoms with Crippen molar-refractivity contribution in [2.45, 2.75) is 59.3 Å². The molecular weight excluding hydrogens is 362 g/mol. The van der Waals surface area contributed by atoms with Crippen LogP contribution < -0.4 is 4.74 Å². The molecule has 3 aromatic rings. The van der Waals surface area contributed by atoms with E-state index in [1.54, 1.807) is 0 Å². The quantitative estimate of drug-likeness (QED) is 0.461. The molecular formula is C25H31NO3. The average Bonchev–Trinajstić information content (AvgIpc) is 3.12. The Morgan fingerprint density at radius 1 is 1.07 bits per heavy atom. The third-order valence-electron chi connectivity index (χ3n) is 5.93. The maximum Gasteiger partial charge on any atom is 0.338 e. The van der Waals surface area contributed by atoms with Crippen molar-refractivity contribution in [2.24, 2.45) is 0 Å². The lowest BCUT2D eigenvalue weighted by Gasteiger charge is -2.23. The summed E-state index contributed by atoms with van der Waals surface area (Å²) in [5.41, 5.74) is 5.07. The van der Waals surface area contributed by atoms with Crippen molar-refractivity contribution >= 4 is 11.5 Å². The van der Waals surface area contributed by atoms with Crippen molar-refractivity contribution in [2.75, 3.05) is 6.61 Å². The molecule has 2 unspecified atom stereocenters. The normalized spacial score (nSPS) is 13.4. The predicted octanol–water partition coefficient (Wildman–Crippen LogP) is 6.73. The summed E-state index contributed by atoms with van der Waals surface area (Å²) in [5, 5.41) is 9.96. The lowest BCUT2D eigenvalue weighted by molar-refractivity contribution is 0.0700. The number of carboxylic acid groups (broad SMARTS) is 1. The largest absolute Gasteiger partial charge is 0.493 e. The van der Waals surface area contributed by atoms with Gasteiger partial charge in [0.15, 0.2) is 0 Å². The Morgan fingerprint density at radius 3 is 2.21 bits per heavy atom. The summed E-state index contributed by atoms with van der Waals surface area (Å²) in [4.78, 5) is 12.2. The Balaban J connectivity index is 2.34. The second kappa shape index (κ2) is 8.73. The van der Waals surface area contributed by atoms with Crippen LogP contribution in [0.4, 0.5) is 0 Å². The lowest BCUT2D eigenvalue weighted by atomic mass is 9.86. The number of hydrogen-bond donors (Lipinski definition) is 1. The van der Waals surface area contributed by atoms with Gasteiger partial charge in [0.1, 0.15) is 5.75 Å². The van der Waals surface area contributed by atoms with Crippen LogP contribution in [0.2, 0.25) is 0 Å². The molecule has 0 spiro atoms. The van der Waals surface area contributed by atoms with Gasteiger partial charge in [0.05, 0.1) is 17.7 Å². The number of hydrogen-bond acceptors (Lipinski definition) is 2. The molecule has 2 aromatic heterocycles. The Morgan fingerprint density at radius 2 is 1.69 bits per heavy atom. The van der Waals surface area contributed by atoms with Gasteiger partial charge in [-0.15, -0.1) is 0 Å². The maximum absolute atomic E-state index is 12.2. The molecule has 2 atom stereocenters. The molecule has 3 rings (SSSR count). The number of benzene rings is 1. The molecule has 4 heteroatoms. The highest BCUT2D eigenvalue weighted by Gasteiger charge is 2.24. The molecule has 4 nitrogen and oxygen atoms in total. The van der Waals surface area contributed by atoms with Gasteiger partial charge in [-0.05, 0) is 72.6 Å². The van der Waals surface area contributed by atoms with Gasteiger partial charge in [0.25, 0.3) is 0 Å². The zero-order valence-electron chi connectivity index (χ0n) is 18.0. The van der Waals surface area contributed by atoms with Crippen LogP contribution in [0, 0.1) is 0 Å². The first kappa shape index (κ1) is 21.0. The highest BCUT2D eigenvalue weighted by Crippen LogP contribution is 2.42. The molecule has 0 amide bonds. The summed E-state index contributed by atoms with van der Waals surface area (Å²) in [5.74, 6) is 0.715. The minimum Gasteiger partial charge on any atom is -0.493 e. The first-order chi connectivity index (χ1) is 13.9. The van der Waals surface area contributed by atoms with Crippen molar-refractivity contribution in [3.8, 4) is 16.9 Å². The number of carbonyl (C=O) groups is 1. The van der Waals surface area contributed by atoms with Crippen LogP contribution in [-0.2, 0) is 0 Å². The third-order valence-corrected chi connectivity index (χ3v) is 5.93. The molecule has 0 aliphatic rings. The zero-order chi connectivity index (χ0) is 21.1. The molecule has 0 radical (unpaired) electrons. The molecule has 0 bridgehead atoms. The van der Waals surface area contributed by atoms with Crippen LogP contribution in [0.15, 0.2) is 42.7 Å². The zero-order valence-corrected chi connectivity index (χ0v) is 18.0. The van der Waals surface area contributed by atoms with Crippen LogP contribution in [0.25, 0.3) is 16.6 Å². The van der Waals surface area contributed by atoms with Crippen LogP contribution in [0.5, 0.6) is 5.75 Å². The van der Waals surface area contributed by atoms with Crippen molar-refractivity contribution < 1.29 is 14.6 Å². The highest BCUT2D eigenvalue weighted by molar-refractivity contribution is 6.03. The fourth-order valence-corrected chi connectivity index (χ4v) is 3.88. The first-order valence-electron chi connectivity index (χ1n) is 10.6. The van der Waals surface area contributed by atoms with Gasteiger partial charge in [-0.2, -0.15) is 0 Å². The highest BCUT2D eigenvalue weighted by atomic mass is 16.5. The summed E-state index contributed by atoms with van der Waals surface area (Å²) in [6.07, 6.45) is 5.81. The van der Waals surface area contributed by atoms with E-state index in [-0.39, 0.29) is 0 Å². The van der Waals surface area contributed by atoms with Crippen LogP contribution in [0.1, 0.15) is 80.8 Å². The van der Waals surface area contributed by atoms with Gasteiger partial charge in [-0.3, -0.25) is 0 Å². The summed E-state index contributed by atoms with van der Waals surface area (Å²) in [6, 6.07) is 9.90. The minimum absolute atomic E-state index is 0.324. The van der Waals surface area contributed by atoms with E-state index in [1.807, 2.05) is 41.9 Å². The number of ether oxygens (including phenoxy) is 1. The number of fused-ring (bicyclic) bond motifs is 1. The predicted molar refractivity (Wildman–Crippen MR) is 118 cm³/mol. The molecule has 0 saturated heterocycles. The van der Waals surface area contributed by atoms with E-state index in [4.69, 9.17) is 4.74 Å². The van der Waals surface area contributed by atoms with Gasteiger partial charge >= 0.3 is 5.97 Å². The Kier molecular flexibility index (Phi) is 6.31. The van der Waals surface area contributed by atoms with E-state index in [9.17, 15) is 9.90 Å². The monoisotopic (exact) mass is 393 g/mol. The van der Waals surface area contributed by atoms with Crippen molar-refractivity contribution in [1.82, 2.24) is 4.40 Å². The second-order valence-electron chi connectivity index (χ2n) is 7.75. The lowest BCUT2D eigenvalue weighted by Crippen LogP contribution is -2.07. The van der Waals surface area contributed by atoms with E-state index in [0.717, 1.165) is 40.8 Å². The van der Waals surface area contributed by atoms with Crippen LogP contribution in [-0.4, -0.2) is 22.1 Å². The maximum atomic E-state index is 12.2. The first-order valence-corrected chi connectivity index (χ1v) is 10.6. The number of carboxylic acids is 1. The van der Waals surface area contributed by atoms with Gasteiger partial charge < -0.3 is 14.2 Å². The number of rotatable bonds is 8. The van der Waals surface area contributed by atoms with E-state index >= 15 is 0 Å². The number of nitrogens with zero attached hydrogens (tertiary/aromatic N) is 1. The van der Waals surface area contributed by atoms with Gasteiger partial charge in [0, 0.05) is 18.0 Å². The van der Waals surface area contributed by atoms with Crippen molar-refractivity contribution in [3.05, 3.63) is 59.4 Å². The molecule has 0 fully saturated rings. The third kappa shape index (κ3) is 3.89. The molecule has 0 aliphatic heterocycles. The van der Waals surface area contributed by atoms with Gasteiger partial charge in [-0.25, -0.2) is 4.79 Å². The summed E-state index contributed by atoms with van der Waals surface area (Å²) in [7, 11) is 0.